The number of aromatic hydroxyl groups is 1. The Balaban J connectivity index is 2.03. The van der Waals surface area contributed by atoms with E-state index in [0.29, 0.717) is 6.54 Å². The highest BCUT2D eigenvalue weighted by Crippen LogP contribution is 2.17. The summed E-state index contributed by atoms with van der Waals surface area (Å²) in [5, 5.41) is 25.0. The molecule has 1 fully saturated rings. The molecule has 1 heterocycles. The minimum absolute atomic E-state index is 0.0248. The van der Waals surface area contributed by atoms with E-state index in [2.05, 4.69) is 10.6 Å². The van der Waals surface area contributed by atoms with E-state index in [9.17, 15) is 10.2 Å². The van der Waals surface area contributed by atoms with Gasteiger partial charge in [0.15, 0.2) is 0 Å². The third-order valence-corrected chi connectivity index (χ3v) is 2.38. The summed E-state index contributed by atoms with van der Waals surface area (Å²) < 4.78 is 0. The van der Waals surface area contributed by atoms with Gasteiger partial charge in [-0.2, -0.15) is 0 Å². The van der Waals surface area contributed by atoms with Gasteiger partial charge >= 0.3 is 0 Å². The lowest BCUT2D eigenvalue weighted by molar-refractivity contribution is 0.185. The first-order valence-electron chi connectivity index (χ1n) is 4.70. The summed E-state index contributed by atoms with van der Waals surface area (Å²) in [6, 6.07) is 6.92. The number of nitrogens with one attached hydrogen (secondary N) is 2. The van der Waals surface area contributed by atoms with Gasteiger partial charge in [0, 0.05) is 24.8 Å². The Morgan fingerprint density at radius 1 is 1.36 bits per heavy atom. The predicted octanol–water partition coefficient (Wildman–Crippen LogP) is 0.137. The topological polar surface area (TPSA) is 64.5 Å². The number of β-amino-alcohol motifs (C(OH)–C–C–N with tert-alkyl or cyclic N) is 1. The molecule has 14 heavy (non-hydrogen) atoms. The Bertz CT molecular complexity index is 317. The van der Waals surface area contributed by atoms with Gasteiger partial charge in [0.25, 0.3) is 0 Å². The van der Waals surface area contributed by atoms with Crippen molar-refractivity contribution in [1.29, 1.82) is 0 Å². The highest BCUT2D eigenvalue weighted by Gasteiger charge is 2.24. The van der Waals surface area contributed by atoms with E-state index >= 15 is 0 Å². The van der Waals surface area contributed by atoms with E-state index in [-0.39, 0.29) is 17.9 Å². The van der Waals surface area contributed by atoms with Gasteiger partial charge in [-0.05, 0) is 12.1 Å². The largest absolute Gasteiger partial charge is 0.508 e. The molecule has 4 heteroatoms. The molecule has 2 atom stereocenters. The molecule has 0 unspecified atom stereocenters. The van der Waals surface area contributed by atoms with Crippen molar-refractivity contribution in [2.24, 2.45) is 0 Å². The van der Waals surface area contributed by atoms with E-state index in [4.69, 9.17) is 0 Å². The molecule has 0 bridgehead atoms. The number of aliphatic hydroxyl groups is 1. The zero-order chi connectivity index (χ0) is 9.97. The normalized spacial score (nSPS) is 26.4. The van der Waals surface area contributed by atoms with Crippen molar-refractivity contribution in [3.63, 3.8) is 0 Å². The Labute approximate surface area is 82.6 Å². The highest BCUT2D eigenvalue weighted by molar-refractivity contribution is 5.48. The lowest BCUT2D eigenvalue weighted by Crippen LogP contribution is -2.31. The van der Waals surface area contributed by atoms with Crippen molar-refractivity contribution < 1.29 is 10.2 Å². The van der Waals surface area contributed by atoms with Crippen LogP contribution in [0.5, 0.6) is 5.75 Å². The molecule has 0 saturated carbocycles. The molecule has 0 aromatic heterocycles. The van der Waals surface area contributed by atoms with Crippen molar-refractivity contribution >= 4 is 5.69 Å². The van der Waals surface area contributed by atoms with Crippen molar-refractivity contribution in [1.82, 2.24) is 5.32 Å². The average molecular weight is 194 g/mol. The van der Waals surface area contributed by atoms with E-state index in [1.54, 1.807) is 18.2 Å². The van der Waals surface area contributed by atoms with Gasteiger partial charge in [-0.15, -0.1) is 0 Å². The lowest BCUT2D eigenvalue weighted by atomic mass is 10.2. The number of aliphatic hydroxyl groups excluding tert-OH is 1. The van der Waals surface area contributed by atoms with Crippen molar-refractivity contribution in [3.05, 3.63) is 24.3 Å². The number of hydrogen-bond donors (Lipinski definition) is 4. The summed E-state index contributed by atoms with van der Waals surface area (Å²) in [6.07, 6.45) is -0.364. The fourth-order valence-electron chi connectivity index (χ4n) is 1.62. The second kappa shape index (κ2) is 3.86. The van der Waals surface area contributed by atoms with Crippen molar-refractivity contribution in [3.8, 4) is 5.75 Å². The Morgan fingerprint density at radius 2 is 2.21 bits per heavy atom. The van der Waals surface area contributed by atoms with Gasteiger partial charge in [-0.25, -0.2) is 0 Å². The lowest BCUT2D eigenvalue weighted by Gasteiger charge is -2.16. The number of phenols is 1. The SMILES string of the molecule is Oc1cccc(N[C@@H]2CNC[C@H]2O)c1. The monoisotopic (exact) mass is 194 g/mol. The molecule has 1 saturated heterocycles. The maximum absolute atomic E-state index is 9.53. The fourth-order valence-corrected chi connectivity index (χ4v) is 1.62. The first-order valence-corrected chi connectivity index (χ1v) is 4.70. The molecule has 1 aliphatic heterocycles. The molecular weight excluding hydrogens is 180 g/mol. The van der Waals surface area contributed by atoms with E-state index < -0.39 is 0 Å². The third-order valence-electron chi connectivity index (χ3n) is 2.38. The van der Waals surface area contributed by atoms with Crippen LogP contribution in [0.25, 0.3) is 0 Å². The maximum atomic E-state index is 9.53. The Hall–Kier alpha value is -1.26. The van der Waals surface area contributed by atoms with Crippen molar-refractivity contribution in [2.75, 3.05) is 18.4 Å². The molecule has 1 aromatic rings. The second-order valence-corrected chi connectivity index (χ2v) is 3.53. The molecule has 2 rings (SSSR count). The molecule has 76 valence electrons. The minimum atomic E-state index is -0.364. The standard InChI is InChI=1S/C10H14N2O2/c13-8-3-1-2-7(4-8)12-9-5-11-6-10(9)14/h1-4,9-14H,5-6H2/t9-,10-/m1/s1. The summed E-state index contributed by atoms with van der Waals surface area (Å²) in [4.78, 5) is 0. The number of rotatable bonds is 2. The van der Waals surface area contributed by atoms with Crippen LogP contribution in [0.4, 0.5) is 5.69 Å². The zero-order valence-corrected chi connectivity index (χ0v) is 7.77. The first-order chi connectivity index (χ1) is 6.75. The number of benzene rings is 1. The van der Waals surface area contributed by atoms with Crippen LogP contribution >= 0.6 is 0 Å². The first kappa shape index (κ1) is 9.30. The number of anilines is 1. The van der Waals surface area contributed by atoms with Gasteiger partial charge in [-0.3, -0.25) is 0 Å². The second-order valence-electron chi connectivity index (χ2n) is 3.53. The summed E-state index contributed by atoms with van der Waals surface area (Å²) in [7, 11) is 0. The van der Waals surface area contributed by atoms with Gasteiger partial charge in [-0.1, -0.05) is 6.07 Å². The quantitative estimate of drug-likeness (QED) is 0.540. The highest BCUT2D eigenvalue weighted by atomic mass is 16.3. The minimum Gasteiger partial charge on any atom is -0.508 e. The van der Waals surface area contributed by atoms with Crippen LogP contribution in [0.15, 0.2) is 24.3 Å². The third kappa shape index (κ3) is 1.97. The van der Waals surface area contributed by atoms with Gasteiger partial charge in [0.05, 0.1) is 12.1 Å². The summed E-state index contributed by atoms with van der Waals surface area (Å²) in [5.41, 5.74) is 0.831. The molecule has 1 aromatic carbocycles. The van der Waals surface area contributed by atoms with Crippen molar-refractivity contribution in [2.45, 2.75) is 12.1 Å². The molecular formula is C10H14N2O2. The smallest absolute Gasteiger partial charge is 0.117 e. The molecule has 4 N–H and O–H groups in total. The van der Waals surface area contributed by atoms with Crippen LogP contribution in [0.2, 0.25) is 0 Å². The van der Waals surface area contributed by atoms with Crippen LogP contribution in [-0.2, 0) is 0 Å². The van der Waals surface area contributed by atoms with Crippen LogP contribution in [0, 0.1) is 0 Å². The molecule has 0 spiro atoms. The maximum Gasteiger partial charge on any atom is 0.117 e. The Morgan fingerprint density at radius 3 is 2.86 bits per heavy atom. The zero-order valence-electron chi connectivity index (χ0n) is 7.77. The van der Waals surface area contributed by atoms with E-state index in [1.807, 2.05) is 6.07 Å². The van der Waals surface area contributed by atoms with Gasteiger partial charge in [0.2, 0.25) is 0 Å². The van der Waals surface area contributed by atoms with Gasteiger partial charge in [0.1, 0.15) is 5.75 Å². The van der Waals surface area contributed by atoms with E-state index in [0.717, 1.165) is 12.2 Å². The Kier molecular flexibility index (Phi) is 2.56. The summed E-state index contributed by atoms with van der Waals surface area (Å²) >= 11 is 0. The molecule has 0 amide bonds. The van der Waals surface area contributed by atoms with Crippen LogP contribution in [0.3, 0.4) is 0 Å². The van der Waals surface area contributed by atoms with Gasteiger partial charge < -0.3 is 20.8 Å². The van der Waals surface area contributed by atoms with E-state index in [1.165, 1.54) is 0 Å². The predicted molar refractivity (Wildman–Crippen MR) is 54.4 cm³/mol. The van der Waals surface area contributed by atoms with Crippen LogP contribution in [-0.4, -0.2) is 35.4 Å². The number of phenolic OH excluding ortho intramolecular Hbond substituents is 1. The van der Waals surface area contributed by atoms with Crippen LogP contribution < -0.4 is 10.6 Å². The average Bonchev–Trinajstić information content (AvgIpc) is 2.52. The molecule has 1 aliphatic rings. The fraction of sp³-hybridized carbons (Fsp3) is 0.400. The molecule has 0 aliphatic carbocycles. The summed E-state index contributed by atoms with van der Waals surface area (Å²) in [5.74, 6) is 0.232. The number of hydrogen-bond acceptors (Lipinski definition) is 4. The summed E-state index contributed by atoms with van der Waals surface area (Å²) in [6.45, 7) is 1.37. The molecule has 0 radical (unpaired) electrons. The molecule has 4 nitrogen and oxygen atoms in total. The van der Waals surface area contributed by atoms with Crippen LogP contribution in [0.1, 0.15) is 0 Å².